The van der Waals surface area contributed by atoms with Crippen molar-refractivity contribution in [2.24, 2.45) is 4.99 Å². The SMILES string of the molecule is CCNC(=NCCN1CCCN(C)CC1)NCCc1ccc(C(C)(C)C)cc1.I. The summed E-state index contributed by atoms with van der Waals surface area (Å²) in [6.45, 7) is 17.3. The van der Waals surface area contributed by atoms with Crippen LogP contribution in [0.2, 0.25) is 0 Å². The second-order valence-corrected chi connectivity index (χ2v) is 8.88. The van der Waals surface area contributed by atoms with E-state index in [2.05, 4.69) is 79.4 Å². The maximum absolute atomic E-state index is 4.77. The molecule has 1 aromatic carbocycles. The summed E-state index contributed by atoms with van der Waals surface area (Å²) in [7, 11) is 2.21. The highest BCUT2D eigenvalue weighted by molar-refractivity contribution is 14.0. The molecular formula is C23H42IN5. The Morgan fingerprint density at radius 1 is 1.03 bits per heavy atom. The van der Waals surface area contributed by atoms with Crippen molar-refractivity contribution in [1.29, 1.82) is 0 Å². The highest BCUT2D eigenvalue weighted by atomic mass is 127. The number of benzene rings is 1. The maximum Gasteiger partial charge on any atom is 0.191 e. The van der Waals surface area contributed by atoms with Crippen molar-refractivity contribution < 1.29 is 0 Å². The molecule has 0 atom stereocenters. The van der Waals surface area contributed by atoms with E-state index in [-0.39, 0.29) is 29.4 Å². The molecule has 1 aromatic rings. The molecule has 6 heteroatoms. The number of nitrogens with zero attached hydrogens (tertiary/aromatic N) is 3. The summed E-state index contributed by atoms with van der Waals surface area (Å²) in [4.78, 5) is 9.73. The van der Waals surface area contributed by atoms with Crippen molar-refractivity contribution in [2.45, 2.75) is 46.0 Å². The van der Waals surface area contributed by atoms with Gasteiger partial charge in [-0.2, -0.15) is 0 Å². The average Bonchev–Trinajstić information content (AvgIpc) is 2.86. The first-order chi connectivity index (χ1) is 13.4. The Morgan fingerprint density at radius 2 is 1.76 bits per heavy atom. The van der Waals surface area contributed by atoms with E-state index in [1.807, 2.05) is 0 Å². The minimum absolute atomic E-state index is 0. The molecule has 0 spiro atoms. The van der Waals surface area contributed by atoms with Crippen LogP contribution in [0.3, 0.4) is 0 Å². The zero-order valence-corrected chi connectivity index (χ0v) is 21.5. The van der Waals surface area contributed by atoms with Gasteiger partial charge in [-0.15, -0.1) is 24.0 Å². The maximum atomic E-state index is 4.77. The van der Waals surface area contributed by atoms with E-state index < -0.39 is 0 Å². The molecule has 0 aliphatic carbocycles. The van der Waals surface area contributed by atoms with Crippen LogP contribution < -0.4 is 10.6 Å². The highest BCUT2D eigenvalue weighted by Crippen LogP contribution is 2.22. The van der Waals surface area contributed by atoms with Crippen LogP contribution in [0.25, 0.3) is 0 Å². The molecule has 0 amide bonds. The van der Waals surface area contributed by atoms with Crippen LogP contribution in [0.4, 0.5) is 0 Å². The number of likely N-dealkylation sites (N-methyl/N-ethyl adjacent to an activating group) is 1. The van der Waals surface area contributed by atoms with E-state index in [4.69, 9.17) is 4.99 Å². The molecule has 1 aliphatic rings. The van der Waals surface area contributed by atoms with Gasteiger partial charge in [-0.3, -0.25) is 4.99 Å². The third kappa shape index (κ3) is 10.1. The molecule has 0 saturated carbocycles. The molecule has 0 radical (unpaired) electrons. The van der Waals surface area contributed by atoms with Gasteiger partial charge in [0.15, 0.2) is 5.96 Å². The van der Waals surface area contributed by atoms with Gasteiger partial charge in [0.05, 0.1) is 6.54 Å². The minimum Gasteiger partial charge on any atom is -0.357 e. The summed E-state index contributed by atoms with van der Waals surface area (Å²) < 4.78 is 0. The summed E-state index contributed by atoms with van der Waals surface area (Å²) in [5.74, 6) is 0.931. The van der Waals surface area contributed by atoms with Gasteiger partial charge in [0, 0.05) is 32.7 Å². The number of hydrogen-bond acceptors (Lipinski definition) is 3. The number of guanidine groups is 1. The predicted octanol–water partition coefficient (Wildman–Crippen LogP) is 3.34. The van der Waals surface area contributed by atoms with Gasteiger partial charge in [-0.1, -0.05) is 45.0 Å². The molecule has 29 heavy (non-hydrogen) atoms. The fourth-order valence-electron chi connectivity index (χ4n) is 3.47. The third-order valence-corrected chi connectivity index (χ3v) is 5.37. The first-order valence-electron chi connectivity index (χ1n) is 10.9. The zero-order valence-electron chi connectivity index (χ0n) is 19.1. The molecule has 1 saturated heterocycles. The molecule has 1 fully saturated rings. The molecule has 166 valence electrons. The first kappa shape index (κ1) is 26.2. The van der Waals surface area contributed by atoms with Gasteiger partial charge in [-0.25, -0.2) is 0 Å². The number of aliphatic imine (C=N–C) groups is 1. The van der Waals surface area contributed by atoms with E-state index in [0.29, 0.717) is 0 Å². The Balaban J connectivity index is 0.00000420. The Bertz CT molecular complexity index is 594. The quantitative estimate of drug-likeness (QED) is 0.332. The Hall–Kier alpha value is -0.860. The van der Waals surface area contributed by atoms with Gasteiger partial charge in [0.1, 0.15) is 0 Å². The Morgan fingerprint density at radius 3 is 2.41 bits per heavy atom. The lowest BCUT2D eigenvalue weighted by molar-refractivity contribution is 0.283. The number of hydrogen-bond donors (Lipinski definition) is 2. The Kier molecular flexibility index (Phi) is 12.1. The summed E-state index contributed by atoms with van der Waals surface area (Å²) in [5.41, 5.74) is 2.97. The van der Waals surface area contributed by atoms with Gasteiger partial charge in [-0.05, 0) is 56.4 Å². The van der Waals surface area contributed by atoms with Gasteiger partial charge in [0.25, 0.3) is 0 Å². The first-order valence-corrected chi connectivity index (χ1v) is 10.9. The molecular weight excluding hydrogens is 473 g/mol. The van der Waals surface area contributed by atoms with E-state index in [1.165, 1.54) is 30.6 Å². The minimum atomic E-state index is 0. The van der Waals surface area contributed by atoms with Crippen molar-refractivity contribution in [3.63, 3.8) is 0 Å². The molecule has 0 unspecified atom stereocenters. The predicted molar refractivity (Wildman–Crippen MR) is 137 cm³/mol. The van der Waals surface area contributed by atoms with Crippen molar-refractivity contribution in [2.75, 3.05) is 59.4 Å². The fraction of sp³-hybridized carbons (Fsp3) is 0.696. The second-order valence-electron chi connectivity index (χ2n) is 8.88. The van der Waals surface area contributed by atoms with Crippen LogP contribution in [0, 0.1) is 0 Å². The zero-order chi connectivity index (χ0) is 20.4. The van der Waals surface area contributed by atoms with Crippen LogP contribution in [0.1, 0.15) is 45.2 Å². The molecule has 0 aromatic heterocycles. The second kappa shape index (κ2) is 13.4. The van der Waals surface area contributed by atoms with E-state index in [1.54, 1.807) is 0 Å². The molecule has 2 N–H and O–H groups in total. The van der Waals surface area contributed by atoms with E-state index in [9.17, 15) is 0 Å². The van der Waals surface area contributed by atoms with E-state index in [0.717, 1.165) is 51.6 Å². The lowest BCUT2D eigenvalue weighted by Crippen LogP contribution is -2.39. The third-order valence-electron chi connectivity index (χ3n) is 5.37. The van der Waals surface area contributed by atoms with Crippen LogP contribution in [0.5, 0.6) is 0 Å². The number of nitrogens with one attached hydrogen (secondary N) is 2. The summed E-state index contributed by atoms with van der Waals surface area (Å²) in [6.07, 6.45) is 2.26. The normalized spacial score (nSPS) is 16.8. The van der Waals surface area contributed by atoms with Gasteiger partial charge >= 0.3 is 0 Å². The molecule has 2 rings (SSSR count). The highest BCUT2D eigenvalue weighted by Gasteiger charge is 2.13. The lowest BCUT2D eigenvalue weighted by atomic mass is 9.86. The molecule has 5 nitrogen and oxygen atoms in total. The fourth-order valence-corrected chi connectivity index (χ4v) is 3.47. The van der Waals surface area contributed by atoms with Gasteiger partial charge in [0.2, 0.25) is 0 Å². The number of rotatable bonds is 7. The van der Waals surface area contributed by atoms with Crippen molar-refractivity contribution in [3.8, 4) is 0 Å². The van der Waals surface area contributed by atoms with Crippen molar-refractivity contribution in [3.05, 3.63) is 35.4 Å². The van der Waals surface area contributed by atoms with Crippen molar-refractivity contribution >= 4 is 29.9 Å². The topological polar surface area (TPSA) is 42.9 Å². The Labute approximate surface area is 195 Å². The molecule has 1 aliphatic heterocycles. The van der Waals surface area contributed by atoms with Crippen LogP contribution >= 0.6 is 24.0 Å². The van der Waals surface area contributed by atoms with E-state index >= 15 is 0 Å². The lowest BCUT2D eigenvalue weighted by Gasteiger charge is -2.19. The summed E-state index contributed by atoms with van der Waals surface area (Å²) in [5, 5.41) is 6.85. The van der Waals surface area contributed by atoms with Crippen molar-refractivity contribution in [1.82, 2.24) is 20.4 Å². The summed E-state index contributed by atoms with van der Waals surface area (Å²) in [6, 6.07) is 9.02. The average molecular weight is 516 g/mol. The van der Waals surface area contributed by atoms with Gasteiger partial charge < -0.3 is 20.4 Å². The number of halogens is 1. The molecule has 0 bridgehead atoms. The van der Waals surface area contributed by atoms with Crippen LogP contribution in [-0.2, 0) is 11.8 Å². The smallest absolute Gasteiger partial charge is 0.191 e. The summed E-state index contributed by atoms with van der Waals surface area (Å²) >= 11 is 0. The van der Waals surface area contributed by atoms with Crippen LogP contribution in [-0.4, -0.2) is 75.2 Å². The standard InChI is InChI=1S/C23H41N5.HI/c1-6-24-22(26-14-17-28-16-7-15-27(5)18-19-28)25-13-12-20-8-10-21(11-9-20)23(2,3)4;/h8-11H,6-7,12-19H2,1-5H3,(H2,24,25,26);1H. The van der Waals surface area contributed by atoms with Crippen LogP contribution in [0.15, 0.2) is 29.3 Å². The largest absolute Gasteiger partial charge is 0.357 e. The molecule has 1 heterocycles. The monoisotopic (exact) mass is 515 g/mol.